The van der Waals surface area contributed by atoms with Crippen molar-refractivity contribution in [3.8, 4) is 0 Å². The fourth-order valence-electron chi connectivity index (χ4n) is 1.37. The summed E-state index contributed by atoms with van der Waals surface area (Å²) in [4.78, 5) is 7.59. The maximum absolute atomic E-state index is 9.38. The van der Waals surface area contributed by atoms with Gasteiger partial charge in [-0.15, -0.1) is 0 Å². The van der Waals surface area contributed by atoms with Gasteiger partial charge in [-0.3, -0.25) is 0 Å². The second-order valence-corrected chi connectivity index (χ2v) is 5.59. The largest absolute Gasteiger partial charge is 0.388 e. The number of hydrogen-bond donors (Lipinski definition) is 1. The van der Waals surface area contributed by atoms with Crippen LogP contribution >= 0.6 is 23.1 Å². The number of hydrogen-bond acceptors (Lipinski definition) is 5. The van der Waals surface area contributed by atoms with Gasteiger partial charge in [0.25, 0.3) is 0 Å². The van der Waals surface area contributed by atoms with Gasteiger partial charge < -0.3 is 10.0 Å². The predicted octanol–water partition coefficient (Wildman–Crippen LogP) is 1.75. The Morgan fingerprint density at radius 2 is 2.21 bits per heavy atom. The summed E-state index contributed by atoms with van der Waals surface area (Å²) < 4.78 is 0. The van der Waals surface area contributed by atoms with Crippen molar-refractivity contribution in [3.05, 3.63) is 11.1 Å². The van der Waals surface area contributed by atoms with E-state index in [9.17, 15) is 5.11 Å². The summed E-state index contributed by atoms with van der Waals surface area (Å²) >= 11 is 3.60. The molecule has 1 atom stereocenters. The van der Waals surface area contributed by atoms with Crippen molar-refractivity contribution in [2.24, 2.45) is 0 Å². The molecule has 2 heterocycles. The average Bonchev–Trinajstić information content (AvgIpc) is 2.68. The monoisotopic (exact) mass is 230 g/mol. The Balaban J connectivity index is 2.07. The molecule has 78 valence electrons. The molecule has 1 aliphatic rings. The summed E-state index contributed by atoms with van der Waals surface area (Å²) in [6, 6.07) is 0. The highest BCUT2D eigenvalue weighted by atomic mass is 32.2. The van der Waals surface area contributed by atoms with Crippen LogP contribution in [0.25, 0.3) is 0 Å². The van der Waals surface area contributed by atoms with E-state index in [1.165, 1.54) is 11.5 Å². The van der Waals surface area contributed by atoms with Crippen LogP contribution in [0.3, 0.4) is 0 Å². The van der Waals surface area contributed by atoms with Crippen molar-refractivity contribution in [1.29, 1.82) is 0 Å². The van der Waals surface area contributed by atoms with E-state index in [1.54, 1.807) is 24.5 Å². The zero-order valence-electron chi connectivity index (χ0n) is 8.14. The maximum atomic E-state index is 9.38. The predicted molar refractivity (Wildman–Crippen MR) is 62.3 cm³/mol. The Kier molecular flexibility index (Phi) is 3.30. The van der Waals surface area contributed by atoms with Crippen LogP contribution in [-0.4, -0.2) is 34.7 Å². The van der Waals surface area contributed by atoms with Crippen LogP contribution in [-0.2, 0) is 0 Å². The molecule has 1 saturated heterocycles. The molecular formula is C9H14N2OS2. The third-order valence-electron chi connectivity index (χ3n) is 2.20. The van der Waals surface area contributed by atoms with Gasteiger partial charge in [-0.1, -0.05) is 11.3 Å². The smallest absolute Gasteiger partial charge is 0.185 e. The molecule has 14 heavy (non-hydrogen) atoms. The van der Waals surface area contributed by atoms with Gasteiger partial charge in [-0.2, -0.15) is 11.8 Å². The number of aliphatic hydroxyl groups excluding tert-OH is 1. The van der Waals surface area contributed by atoms with E-state index < -0.39 is 0 Å². The fourth-order valence-corrected chi connectivity index (χ4v) is 3.18. The number of rotatable bonds is 2. The number of aliphatic hydroxyl groups is 1. The lowest BCUT2D eigenvalue weighted by molar-refractivity contribution is 0.203. The first-order valence-electron chi connectivity index (χ1n) is 4.74. The van der Waals surface area contributed by atoms with Gasteiger partial charge in [0.2, 0.25) is 0 Å². The van der Waals surface area contributed by atoms with Crippen LogP contribution in [0.4, 0.5) is 5.13 Å². The Labute approximate surface area is 92.2 Å². The van der Waals surface area contributed by atoms with Crippen molar-refractivity contribution in [2.75, 3.05) is 29.5 Å². The molecule has 3 nitrogen and oxygen atoms in total. The Hall–Kier alpha value is -0.260. The van der Waals surface area contributed by atoms with Crippen molar-refractivity contribution in [3.63, 3.8) is 0 Å². The lowest BCUT2D eigenvalue weighted by Crippen LogP contribution is -2.32. The minimum atomic E-state index is -0.389. The van der Waals surface area contributed by atoms with Gasteiger partial charge in [-0.25, -0.2) is 4.98 Å². The number of anilines is 1. The maximum Gasteiger partial charge on any atom is 0.185 e. The standard InChI is InChI=1S/C9H14N2OS2/c1-7(12)8-6-10-9(14-8)11-2-4-13-5-3-11/h6-7,12H,2-5H2,1H3. The number of thiazole rings is 1. The first-order chi connectivity index (χ1) is 6.77. The molecule has 0 spiro atoms. The molecule has 5 heteroatoms. The Morgan fingerprint density at radius 3 is 2.79 bits per heavy atom. The summed E-state index contributed by atoms with van der Waals surface area (Å²) in [7, 11) is 0. The lowest BCUT2D eigenvalue weighted by atomic mass is 10.4. The number of thioether (sulfide) groups is 1. The highest BCUT2D eigenvalue weighted by molar-refractivity contribution is 7.99. The first kappa shape index (κ1) is 10.3. The molecule has 1 aliphatic heterocycles. The SMILES string of the molecule is CC(O)c1cnc(N2CCSCC2)s1. The Morgan fingerprint density at radius 1 is 1.50 bits per heavy atom. The van der Waals surface area contributed by atoms with Gasteiger partial charge in [-0.05, 0) is 6.92 Å². The van der Waals surface area contributed by atoms with Crippen molar-refractivity contribution in [1.82, 2.24) is 4.98 Å². The zero-order valence-corrected chi connectivity index (χ0v) is 9.77. The highest BCUT2D eigenvalue weighted by Crippen LogP contribution is 2.28. The molecule has 0 radical (unpaired) electrons. The second kappa shape index (κ2) is 4.51. The van der Waals surface area contributed by atoms with E-state index in [1.807, 2.05) is 11.8 Å². The third kappa shape index (κ3) is 2.21. The van der Waals surface area contributed by atoms with Gasteiger partial charge in [0.15, 0.2) is 5.13 Å². The fraction of sp³-hybridized carbons (Fsp3) is 0.667. The molecule has 0 aromatic carbocycles. The number of nitrogens with zero attached hydrogens (tertiary/aromatic N) is 2. The third-order valence-corrected chi connectivity index (χ3v) is 4.38. The van der Waals surface area contributed by atoms with Crippen LogP contribution in [0.1, 0.15) is 17.9 Å². The van der Waals surface area contributed by atoms with E-state index in [0.29, 0.717) is 0 Å². The molecule has 0 aliphatic carbocycles. The molecule has 1 unspecified atom stereocenters. The van der Waals surface area contributed by atoms with E-state index in [2.05, 4.69) is 9.88 Å². The average molecular weight is 230 g/mol. The van der Waals surface area contributed by atoms with Crippen LogP contribution in [0.15, 0.2) is 6.20 Å². The molecule has 0 saturated carbocycles. The second-order valence-electron chi connectivity index (χ2n) is 3.32. The molecule has 0 amide bonds. The van der Waals surface area contributed by atoms with Crippen LogP contribution < -0.4 is 4.90 Å². The van der Waals surface area contributed by atoms with Crippen LogP contribution in [0.2, 0.25) is 0 Å². The van der Waals surface area contributed by atoms with E-state index in [-0.39, 0.29) is 6.10 Å². The van der Waals surface area contributed by atoms with Gasteiger partial charge in [0.05, 0.1) is 11.0 Å². The van der Waals surface area contributed by atoms with Crippen LogP contribution in [0.5, 0.6) is 0 Å². The van der Waals surface area contributed by atoms with Crippen molar-refractivity contribution >= 4 is 28.2 Å². The van der Waals surface area contributed by atoms with E-state index in [4.69, 9.17) is 0 Å². The molecule has 2 rings (SSSR count). The summed E-state index contributed by atoms with van der Waals surface area (Å²) in [6.45, 7) is 3.94. The summed E-state index contributed by atoms with van der Waals surface area (Å²) in [5.74, 6) is 2.37. The molecular weight excluding hydrogens is 216 g/mol. The Bertz CT molecular complexity index is 295. The van der Waals surface area contributed by atoms with Gasteiger partial charge >= 0.3 is 0 Å². The van der Waals surface area contributed by atoms with Crippen molar-refractivity contribution < 1.29 is 5.11 Å². The minimum Gasteiger partial charge on any atom is -0.388 e. The molecule has 1 aromatic heterocycles. The molecule has 1 N–H and O–H groups in total. The topological polar surface area (TPSA) is 36.4 Å². The normalized spacial score (nSPS) is 19.7. The summed E-state index contributed by atoms with van der Waals surface area (Å²) in [6.07, 6.45) is 1.40. The quantitative estimate of drug-likeness (QED) is 0.840. The van der Waals surface area contributed by atoms with Crippen LogP contribution in [0, 0.1) is 0 Å². The first-order valence-corrected chi connectivity index (χ1v) is 6.71. The summed E-state index contributed by atoms with van der Waals surface area (Å²) in [5.41, 5.74) is 0. The minimum absolute atomic E-state index is 0.389. The molecule has 1 aromatic rings. The molecule has 1 fully saturated rings. The number of aromatic nitrogens is 1. The lowest BCUT2D eigenvalue weighted by Gasteiger charge is -2.25. The van der Waals surface area contributed by atoms with Gasteiger partial charge in [0, 0.05) is 30.8 Å². The summed E-state index contributed by atoms with van der Waals surface area (Å²) in [5, 5.41) is 10.4. The zero-order chi connectivity index (χ0) is 9.97. The van der Waals surface area contributed by atoms with Crippen molar-refractivity contribution in [2.45, 2.75) is 13.0 Å². The highest BCUT2D eigenvalue weighted by Gasteiger charge is 2.15. The van der Waals surface area contributed by atoms with E-state index in [0.717, 1.165) is 23.1 Å². The molecule has 0 bridgehead atoms. The van der Waals surface area contributed by atoms with Gasteiger partial charge in [0.1, 0.15) is 0 Å². The van der Waals surface area contributed by atoms with E-state index >= 15 is 0 Å².